The molecule has 0 fully saturated rings. The van der Waals surface area contributed by atoms with Crippen molar-refractivity contribution in [3.63, 3.8) is 0 Å². The number of fused-ring (bicyclic) bond motifs is 2. The van der Waals surface area contributed by atoms with E-state index in [0.29, 0.717) is 24.2 Å². The predicted molar refractivity (Wildman–Crippen MR) is 141 cm³/mol. The Balaban J connectivity index is 1.40. The van der Waals surface area contributed by atoms with Crippen molar-refractivity contribution in [3.05, 3.63) is 71.4 Å². The van der Waals surface area contributed by atoms with E-state index in [1.807, 2.05) is 38.1 Å². The van der Waals surface area contributed by atoms with Gasteiger partial charge in [0.15, 0.2) is 0 Å². The van der Waals surface area contributed by atoms with Crippen LogP contribution in [0.15, 0.2) is 48.8 Å². The highest BCUT2D eigenvalue weighted by molar-refractivity contribution is 7.92. The van der Waals surface area contributed by atoms with Gasteiger partial charge in [0, 0.05) is 28.2 Å². The third kappa shape index (κ3) is 4.71. The zero-order valence-electron chi connectivity index (χ0n) is 19.4. The Morgan fingerprint density at radius 2 is 1.94 bits per heavy atom. The van der Waals surface area contributed by atoms with Crippen LogP contribution in [0.25, 0.3) is 31.6 Å². The molecule has 0 radical (unpaired) electrons. The normalized spacial score (nSPS) is 11.9. The van der Waals surface area contributed by atoms with Crippen LogP contribution in [0.4, 0.5) is 15.9 Å². The topological polar surface area (TPSA) is 99.8 Å². The highest BCUT2D eigenvalue weighted by atomic mass is 32.2. The maximum Gasteiger partial charge on any atom is 0.229 e. The number of thiophene rings is 1. The van der Waals surface area contributed by atoms with Gasteiger partial charge in [0.25, 0.3) is 0 Å². The number of hydrogen-bond acceptors (Lipinski definition) is 6. The van der Waals surface area contributed by atoms with E-state index in [2.05, 4.69) is 25.0 Å². The first-order valence-corrected chi connectivity index (χ1v) is 13.7. The Hall–Kier alpha value is -3.50. The lowest BCUT2D eigenvalue weighted by molar-refractivity contribution is 0.607. The van der Waals surface area contributed by atoms with Crippen LogP contribution in [0.1, 0.15) is 16.8 Å². The molecule has 3 aromatic heterocycles. The van der Waals surface area contributed by atoms with Gasteiger partial charge < -0.3 is 10.3 Å². The van der Waals surface area contributed by atoms with E-state index in [0.717, 1.165) is 54.9 Å². The minimum Gasteiger partial charge on any atom is -0.368 e. The molecule has 0 unspecified atom stereocenters. The highest BCUT2D eigenvalue weighted by Crippen LogP contribution is 2.36. The van der Waals surface area contributed by atoms with Crippen LogP contribution in [0, 0.1) is 19.7 Å². The van der Waals surface area contributed by atoms with Crippen molar-refractivity contribution in [1.82, 2.24) is 15.0 Å². The van der Waals surface area contributed by atoms with Gasteiger partial charge in [-0.15, -0.1) is 11.3 Å². The Bertz CT molecular complexity index is 1670. The number of hydrogen-bond donors (Lipinski definition) is 3. The second kappa shape index (κ2) is 8.94. The minimum atomic E-state index is -3.36. The van der Waals surface area contributed by atoms with Crippen molar-refractivity contribution < 1.29 is 12.8 Å². The SMILES string of the molecule is Cc1[nH]c2c(F)ccc(C)c2c1CCNc1ncnc2cc(-c3cccc(NS(C)(=O)=O)c3)sc12. The van der Waals surface area contributed by atoms with Crippen LogP contribution in [-0.4, -0.2) is 36.2 Å². The smallest absolute Gasteiger partial charge is 0.229 e. The van der Waals surface area contributed by atoms with Crippen molar-refractivity contribution in [3.8, 4) is 10.4 Å². The fourth-order valence-corrected chi connectivity index (χ4v) is 5.96. The third-order valence-electron chi connectivity index (χ3n) is 5.86. The number of H-pyrrole nitrogens is 1. The Morgan fingerprint density at radius 3 is 2.74 bits per heavy atom. The van der Waals surface area contributed by atoms with Gasteiger partial charge in [-0.3, -0.25) is 4.72 Å². The zero-order chi connectivity index (χ0) is 24.7. The summed E-state index contributed by atoms with van der Waals surface area (Å²) >= 11 is 1.54. The second-order valence-corrected chi connectivity index (χ2v) is 11.3. The van der Waals surface area contributed by atoms with Crippen LogP contribution in [-0.2, 0) is 16.4 Å². The Labute approximate surface area is 206 Å². The summed E-state index contributed by atoms with van der Waals surface area (Å²) in [6.07, 6.45) is 3.36. The number of nitrogens with zero attached hydrogens (tertiary/aromatic N) is 2. The van der Waals surface area contributed by atoms with Gasteiger partial charge in [-0.2, -0.15) is 0 Å². The Morgan fingerprint density at radius 1 is 1.11 bits per heavy atom. The number of rotatable bonds is 7. The molecule has 5 aromatic rings. The van der Waals surface area contributed by atoms with Crippen LogP contribution in [0.5, 0.6) is 0 Å². The number of aromatic amines is 1. The van der Waals surface area contributed by atoms with E-state index in [1.54, 1.807) is 23.5 Å². The summed E-state index contributed by atoms with van der Waals surface area (Å²) in [5.41, 5.74) is 5.86. The van der Waals surface area contributed by atoms with Gasteiger partial charge >= 0.3 is 0 Å². The van der Waals surface area contributed by atoms with E-state index in [9.17, 15) is 12.8 Å². The summed E-state index contributed by atoms with van der Waals surface area (Å²) in [4.78, 5) is 13.0. The minimum absolute atomic E-state index is 0.243. The lowest BCUT2D eigenvalue weighted by atomic mass is 10.0. The molecule has 0 aliphatic rings. The first kappa shape index (κ1) is 23.3. The standard InChI is InChI=1S/C25H24FN5O2S2/c1-14-7-8-19(26)23-22(14)18(15(2)30-23)9-10-27-25-24-20(28-13-29-25)12-21(34-24)16-5-4-6-17(11-16)31-35(3,32)33/h4-8,11-13,30-31H,9-10H2,1-3H3,(H,27,28,29). The summed E-state index contributed by atoms with van der Waals surface area (Å²) in [5, 5.41) is 4.36. The van der Waals surface area contributed by atoms with Crippen molar-refractivity contribution in [2.75, 3.05) is 22.8 Å². The van der Waals surface area contributed by atoms with E-state index in [-0.39, 0.29) is 5.82 Å². The molecule has 0 aliphatic carbocycles. The average Bonchev–Trinajstić information content (AvgIpc) is 3.38. The van der Waals surface area contributed by atoms with Crippen LogP contribution in [0.2, 0.25) is 0 Å². The predicted octanol–water partition coefficient (Wildman–Crippen LogP) is 5.62. The number of aromatic nitrogens is 3. The summed E-state index contributed by atoms with van der Waals surface area (Å²) in [6, 6.07) is 12.5. The maximum atomic E-state index is 14.3. The molecule has 7 nitrogen and oxygen atoms in total. The largest absolute Gasteiger partial charge is 0.368 e. The molecule has 3 heterocycles. The second-order valence-electron chi connectivity index (χ2n) is 8.52. The number of halogens is 1. The van der Waals surface area contributed by atoms with E-state index in [4.69, 9.17) is 0 Å². The van der Waals surface area contributed by atoms with Gasteiger partial charge in [-0.25, -0.2) is 22.8 Å². The quantitative estimate of drug-likeness (QED) is 0.264. The first-order valence-electron chi connectivity index (χ1n) is 11.0. The van der Waals surface area contributed by atoms with Gasteiger partial charge in [0.2, 0.25) is 10.0 Å². The molecular formula is C25H24FN5O2S2. The van der Waals surface area contributed by atoms with Crippen LogP contribution >= 0.6 is 11.3 Å². The van der Waals surface area contributed by atoms with E-state index >= 15 is 0 Å². The van der Waals surface area contributed by atoms with Crippen molar-refractivity contribution >= 4 is 54.0 Å². The van der Waals surface area contributed by atoms with Gasteiger partial charge in [0.05, 0.1) is 22.0 Å². The summed E-state index contributed by atoms with van der Waals surface area (Å²) in [7, 11) is -3.36. The van der Waals surface area contributed by atoms with Gasteiger partial charge in [-0.1, -0.05) is 18.2 Å². The molecule has 0 amide bonds. The molecule has 0 spiro atoms. The summed E-state index contributed by atoms with van der Waals surface area (Å²) < 4.78 is 40.9. The summed E-state index contributed by atoms with van der Waals surface area (Å²) in [6.45, 7) is 4.58. The molecule has 0 atom stereocenters. The fourth-order valence-electron chi connectivity index (χ4n) is 4.33. The molecule has 35 heavy (non-hydrogen) atoms. The monoisotopic (exact) mass is 509 g/mol. The number of nitrogens with one attached hydrogen (secondary N) is 3. The van der Waals surface area contributed by atoms with Gasteiger partial charge in [-0.05, 0) is 61.2 Å². The molecule has 3 N–H and O–H groups in total. The molecule has 5 rings (SSSR count). The van der Waals surface area contributed by atoms with Crippen molar-refractivity contribution in [2.45, 2.75) is 20.3 Å². The zero-order valence-corrected chi connectivity index (χ0v) is 21.1. The molecule has 0 aliphatic heterocycles. The van der Waals surface area contributed by atoms with E-state index in [1.165, 1.54) is 12.4 Å². The molecular weight excluding hydrogens is 485 g/mol. The van der Waals surface area contributed by atoms with Crippen molar-refractivity contribution in [2.24, 2.45) is 0 Å². The lowest BCUT2D eigenvalue weighted by Gasteiger charge is -2.08. The number of aryl methyl sites for hydroxylation is 2. The molecule has 0 saturated heterocycles. The number of benzene rings is 2. The molecule has 2 aromatic carbocycles. The fraction of sp³-hybridized carbons (Fsp3) is 0.200. The van der Waals surface area contributed by atoms with Crippen LogP contribution in [0.3, 0.4) is 0 Å². The van der Waals surface area contributed by atoms with Crippen molar-refractivity contribution in [1.29, 1.82) is 0 Å². The summed E-state index contributed by atoms with van der Waals surface area (Å²) in [5.74, 6) is 0.490. The first-order chi connectivity index (χ1) is 16.7. The average molecular weight is 510 g/mol. The molecule has 180 valence electrons. The third-order valence-corrected chi connectivity index (χ3v) is 7.65. The number of sulfonamides is 1. The molecule has 10 heteroatoms. The number of anilines is 2. The Kier molecular flexibility index (Phi) is 5.94. The molecule has 0 saturated carbocycles. The van der Waals surface area contributed by atoms with Crippen LogP contribution < -0.4 is 10.0 Å². The molecule has 0 bridgehead atoms. The van der Waals surface area contributed by atoms with E-state index < -0.39 is 10.0 Å². The maximum absolute atomic E-state index is 14.3. The highest BCUT2D eigenvalue weighted by Gasteiger charge is 2.15. The van der Waals surface area contributed by atoms with Gasteiger partial charge in [0.1, 0.15) is 18.0 Å². The lowest BCUT2D eigenvalue weighted by Crippen LogP contribution is -2.09.